The lowest BCUT2D eigenvalue weighted by molar-refractivity contribution is -0.148. The fourth-order valence-electron chi connectivity index (χ4n) is 4.28. The molecule has 5 amide bonds. The maximum absolute atomic E-state index is 13.3. The standard InChI is InChI=1S/C27H34N4O6/c1-16(2)13-21(23(32)33)31-24(34)27(4,5)30(26(31)36)15-18-11-12-20(22(14-18)37-6)29-25(35)28-19-10-8-7-9-17(19)3/h7-12,14,16,21H,13,15H2,1-6H3,(H,32,33)(H2,28,29,35)/t21-/m0/s1. The maximum atomic E-state index is 13.3. The van der Waals surface area contributed by atoms with Crippen molar-refractivity contribution in [2.45, 2.75) is 59.2 Å². The Labute approximate surface area is 216 Å². The lowest BCUT2D eigenvalue weighted by Gasteiger charge is -2.28. The SMILES string of the molecule is COc1cc(CN2C(=O)N([C@@H](CC(C)C)C(=O)O)C(=O)C2(C)C)ccc1NC(=O)Nc1ccccc1C. The summed E-state index contributed by atoms with van der Waals surface area (Å²) in [5.74, 6) is -1.42. The summed E-state index contributed by atoms with van der Waals surface area (Å²) in [6.45, 7) is 8.82. The van der Waals surface area contributed by atoms with Crippen LogP contribution in [0.4, 0.5) is 21.0 Å². The monoisotopic (exact) mass is 510 g/mol. The molecule has 1 atom stereocenters. The first-order chi connectivity index (χ1) is 17.4. The van der Waals surface area contributed by atoms with Crippen molar-refractivity contribution >= 4 is 35.3 Å². The summed E-state index contributed by atoms with van der Waals surface area (Å²) < 4.78 is 5.46. The van der Waals surface area contributed by atoms with Crippen LogP contribution in [0.5, 0.6) is 5.75 Å². The number of carboxylic acid groups (broad SMARTS) is 1. The second-order valence-corrected chi connectivity index (χ2v) is 10.0. The molecule has 0 bridgehead atoms. The van der Waals surface area contributed by atoms with E-state index in [2.05, 4.69) is 10.6 Å². The van der Waals surface area contributed by atoms with Gasteiger partial charge in [-0.25, -0.2) is 19.3 Å². The number of amides is 5. The number of hydrogen-bond donors (Lipinski definition) is 3. The Morgan fingerprint density at radius 3 is 2.30 bits per heavy atom. The molecule has 3 N–H and O–H groups in total. The van der Waals surface area contributed by atoms with Crippen molar-refractivity contribution < 1.29 is 29.0 Å². The highest BCUT2D eigenvalue weighted by Gasteiger charge is 2.54. The third kappa shape index (κ3) is 5.84. The molecular weight excluding hydrogens is 476 g/mol. The molecule has 1 heterocycles. The van der Waals surface area contributed by atoms with Gasteiger partial charge in [0.2, 0.25) is 0 Å². The van der Waals surface area contributed by atoms with Crippen LogP contribution in [0, 0.1) is 12.8 Å². The predicted molar refractivity (Wildman–Crippen MR) is 140 cm³/mol. The number of nitrogens with one attached hydrogen (secondary N) is 2. The van der Waals surface area contributed by atoms with Crippen LogP contribution < -0.4 is 15.4 Å². The van der Waals surface area contributed by atoms with Gasteiger partial charge >= 0.3 is 18.0 Å². The highest BCUT2D eigenvalue weighted by molar-refractivity contribution is 6.09. The van der Waals surface area contributed by atoms with E-state index < -0.39 is 35.5 Å². The molecule has 1 aliphatic heterocycles. The number of aliphatic carboxylic acids is 1. The number of para-hydroxylation sites is 1. The maximum Gasteiger partial charge on any atom is 0.328 e. The largest absolute Gasteiger partial charge is 0.495 e. The number of anilines is 2. The number of carbonyl (C=O) groups is 4. The van der Waals surface area contributed by atoms with E-state index in [0.717, 1.165) is 10.5 Å². The van der Waals surface area contributed by atoms with E-state index >= 15 is 0 Å². The molecule has 1 fully saturated rings. The van der Waals surface area contributed by atoms with E-state index in [1.54, 1.807) is 38.1 Å². The first-order valence-electron chi connectivity index (χ1n) is 12.1. The van der Waals surface area contributed by atoms with Crippen LogP contribution in [0.3, 0.4) is 0 Å². The van der Waals surface area contributed by atoms with Crippen LogP contribution in [0.25, 0.3) is 0 Å². The zero-order valence-electron chi connectivity index (χ0n) is 22.0. The average Bonchev–Trinajstić information content (AvgIpc) is 2.98. The van der Waals surface area contributed by atoms with Crippen molar-refractivity contribution in [1.29, 1.82) is 0 Å². The van der Waals surface area contributed by atoms with Crippen molar-refractivity contribution in [2.24, 2.45) is 5.92 Å². The molecule has 0 saturated carbocycles. The predicted octanol–water partition coefficient (Wildman–Crippen LogP) is 4.69. The number of aryl methyl sites for hydroxylation is 1. The van der Waals surface area contributed by atoms with Crippen LogP contribution in [0.1, 0.15) is 45.2 Å². The zero-order chi connectivity index (χ0) is 27.5. The lowest BCUT2D eigenvalue weighted by atomic mass is 10.00. The van der Waals surface area contributed by atoms with E-state index in [9.17, 15) is 24.3 Å². The number of benzene rings is 2. The molecular formula is C27H34N4O6. The number of hydrogen-bond acceptors (Lipinski definition) is 5. The topological polar surface area (TPSA) is 128 Å². The average molecular weight is 511 g/mol. The van der Waals surface area contributed by atoms with Gasteiger partial charge < -0.3 is 25.4 Å². The third-order valence-corrected chi connectivity index (χ3v) is 6.39. The van der Waals surface area contributed by atoms with Gasteiger partial charge in [-0.3, -0.25) is 4.79 Å². The molecule has 0 spiro atoms. The van der Waals surface area contributed by atoms with Crippen LogP contribution >= 0.6 is 0 Å². The Hall–Kier alpha value is -4.08. The summed E-state index contributed by atoms with van der Waals surface area (Å²) >= 11 is 0. The Kier molecular flexibility index (Phi) is 8.10. The van der Waals surface area contributed by atoms with Gasteiger partial charge in [0.15, 0.2) is 0 Å². The van der Waals surface area contributed by atoms with E-state index in [-0.39, 0.29) is 18.9 Å². The molecule has 1 saturated heterocycles. The van der Waals surface area contributed by atoms with Gasteiger partial charge in [-0.1, -0.05) is 38.1 Å². The van der Waals surface area contributed by atoms with Crippen molar-refractivity contribution in [2.75, 3.05) is 17.7 Å². The van der Waals surface area contributed by atoms with Crippen LogP contribution in [-0.2, 0) is 16.1 Å². The minimum atomic E-state index is -1.24. The van der Waals surface area contributed by atoms with Crippen molar-refractivity contribution in [1.82, 2.24) is 9.80 Å². The number of methoxy groups -OCH3 is 1. The number of ether oxygens (including phenoxy) is 1. The molecule has 2 aromatic carbocycles. The molecule has 10 heteroatoms. The Balaban J connectivity index is 1.80. The second kappa shape index (κ2) is 10.9. The molecule has 0 unspecified atom stereocenters. The quantitative estimate of drug-likeness (QED) is 0.420. The fourth-order valence-corrected chi connectivity index (χ4v) is 4.28. The van der Waals surface area contributed by atoms with Crippen molar-refractivity contribution in [3.63, 3.8) is 0 Å². The number of carboxylic acids is 1. The lowest BCUT2D eigenvalue weighted by Crippen LogP contribution is -2.47. The van der Waals surface area contributed by atoms with Gasteiger partial charge in [-0.05, 0) is 62.4 Å². The number of rotatable bonds is 9. The number of carbonyl (C=O) groups excluding carboxylic acids is 3. The second-order valence-electron chi connectivity index (χ2n) is 10.0. The highest BCUT2D eigenvalue weighted by Crippen LogP contribution is 2.34. The molecule has 3 rings (SSSR count). The Morgan fingerprint density at radius 2 is 1.70 bits per heavy atom. The summed E-state index contributed by atoms with van der Waals surface area (Å²) in [5.41, 5.74) is 1.43. The zero-order valence-corrected chi connectivity index (χ0v) is 22.0. The normalized spacial score (nSPS) is 15.6. The first kappa shape index (κ1) is 27.5. The highest BCUT2D eigenvalue weighted by atomic mass is 16.5. The molecule has 198 valence electrons. The smallest absolute Gasteiger partial charge is 0.328 e. The molecule has 37 heavy (non-hydrogen) atoms. The summed E-state index contributed by atoms with van der Waals surface area (Å²) in [5, 5.41) is 15.3. The van der Waals surface area contributed by atoms with E-state index in [1.165, 1.54) is 12.0 Å². The van der Waals surface area contributed by atoms with E-state index in [1.807, 2.05) is 39.0 Å². The van der Waals surface area contributed by atoms with Gasteiger partial charge in [0.1, 0.15) is 17.3 Å². The van der Waals surface area contributed by atoms with Crippen molar-refractivity contribution in [3.05, 3.63) is 53.6 Å². The molecule has 2 aromatic rings. The van der Waals surface area contributed by atoms with Crippen LogP contribution in [0.2, 0.25) is 0 Å². The number of imide groups is 1. The van der Waals surface area contributed by atoms with Gasteiger partial charge in [0.05, 0.1) is 12.8 Å². The third-order valence-electron chi connectivity index (χ3n) is 6.39. The molecule has 0 aromatic heterocycles. The number of nitrogens with zero attached hydrogens (tertiary/aromatic N) is 2. The van der Waals surface area contributed by atoms with E-state index in [4.69, 9.17) is 4.74 Å². The number of urea groups is 2. The molecule has 0 radical (unpaired) electrons. The van der Waals surface area contributed by atoms with Gasteiger partial charge in [-0.2, -0.15) is 0 Å². The van der Waals surface area contributed by atoms with Crippen molar-refractivity contribution in [3.8, 4) is 5.75 Å². The Bertz CT molecular complexity index is 1210. The Morgan fingerprint density at radius 1 is 1.05 bits per heavy atom. The van der Waals surface area contributed by atoms with Gasteiger partial charge in [-0.15, -0.1) is 0 Å². The molecule has 10 nitrogen and oxygen atoms in total. The summed E-state index contributed by atoms with van der Waals surface area (Å²) in [6.07, 6.45) is 0.162. The van der Waals surface area contributed by atoms with E-state index in [0.29, 0.717) is 22.7 Å². The van der Waals surface area contributed by atoms with Gasteiger partial charge in [0.25, 0.3) is 5.91 Å². The first-order valence-corrected chi connectivity index (χ1v) is 12.1. The van der Waals surface area contributed by atoms with Crippen LogP contribution in [0.15, 0.2) is 42.5 Å². The summed E-state index contributed by atoms with van der Waals surface area (Å²) in [4.78, 5) is 53.1. The van der Waals surface area contributed by atoms with Gasteiger partial charge in [0, 0.05) is 12.2 Å². The minimum Gasteiger partial charge on any atom is -0.495 e. The minimum absolute atomic E-state index is 0.0221. The fraction of sp³-hybridized carbons (Fsp3) is 0.407. The summed E-state index contributed by atoms with van der Waals surface area (Å²) in [6, 6.07) is 10.1. The molecule has 0 aliphatic carbocycles. The van der Waals surface area contributed by atoms with Crippen LogP contribution in [-0.4, -0.2) is 57.5 Å². The summed E-state index contributed by atoms with van der Waals surface area (Å²) in [7, 11) is 1.46. The molecule has 1 aliphatic rings.